The number of amides is 1. The molecule has 2 aromatic heterocycles. The van der Waals surface area contributed by atoms with Crippen molar-refractivity contribution >= 4 is 39.9 Å². The van der Waals surface area contributed by atoms with E-state index in [4.69, 9.17) is 21.2 Å². The third kappa shape index (κ3) is 3.24. The number of carbonyl (C=O) groups excluding carboxylic acids is 1. The first-order valence-corrected chi connectivity index (χ1v) is 8.05. The third-order valence-electron chi connectivity index (χ3n) is 3.24. The Morgan fingerprint density at radius 1 is 1.36 bits per heavy atom. The second kappa shape index (κ2) is 6.61. The Hall–Kier alpha value is -2.78. The standard InChI is InChI=1S/C15H9ClFN3O4S/c1-6-10(9-5-25-15(18-9)19-13(21)14(22)23)12(20-24-6)11-7(16)3-2-4-8(11)17/h2-5H,1H3,(H,22,23)(H,18,19,21). The zero-order valence-corrected chi connectivity index (χ0v) is 14.1. The molecule has 128 valence electrons. The van der Waals surface area contributed by atoms with Gasteiger partial charge in [0, 0.05) is 5.38 Å². The molecule has 0 aliphatic rings. The van der Waals surface area contributed by atoms with Gasteiger partial charge in [-0.3, -0.25) is 10.1 Å². The number of hydrogen-bond donors (Lipinski definition) is 2. The van der Waals surface area contributed by atoms with E-state index < -0.39 is 17.7 Å². The number of benzene rings is 1. The zero-order chi connectivity index (χ0) is 18.1. The summed E-state index contributed by atoms with van der Waals surface area (Å²) in [5.74, 6) is -3.04. The van der Waals surface area contributed by atoms with Crippen molar-refractivity contribution in [3.05, 3.63) is 40.2 Å². The highest BCUT2D eigenvalue weighted by atomic mass is 35.5. The molecule has 1 amide bonds. The van der Waals surface area contributed by atoms with Crippen LogP contribution in [0, 0.1) is 12.7 Å². The van der Waals surface area contributed by atoms with Crippen LogP contribution in [0.2, 0.25) is 5.02 Å². The van der Waals surface area contributed by atoms with Gasteiger partial charge in [-0.2, -0.15) is 0 Å². The first-order chi connectivity index (χ1) is 11.9. The number of rotatable bonds is 3. The summed E-state index contributed by atoms with van der Waals surface area (Å²) in [6.07, 6.45) is 0. The van der Waals surface area contributed by atoms with Crippen LogP contribution in [0.3, 0.4) is 0 Å². The Labute approximate surface area is 149 Å². The number of nitrogens with zero attached hydrogens (tertiary/aromatic N) is 2. The summed E-state index contributed by atoms with van der Waals surface area (Å²) in [7, 11) is 0. The van der Waals surface area contributed by atoms with Gasteiger partial charge < -0.3 is 9.63 Å². The number of thiazole rings is 1. The largest absolute Gasteiger partial charge is 0.474 e. The van der Waals surface area contributed by atoms with E-state index in [1.807, 2.05) is 0 Å². The van der Waals surface area contributed by atoms with E-state index in [-0.39, 0.29) is 21.4 Å². The van der Waals surface area contributed by atoms with Crippen LogP contribution in [0.1, 0.15) is 5.76 Å². The fourth-order valence-electron chi connectivity index (χ4n) is 2.17. The highest BCUT2D eigenvalue weighted by Gasteiger charge is 2.24. The molecule has 0 saturated carbocycles. The molecule has 3 rings (SSSR count). The van der Waals surface area contributed by atoms with E-state index in [2.05, 4.69) is 15.5 Å². The predicted molar refractivity (Wildman–Crippen MR) is 89.0 cm³/mol. The Balaban J connectivity index is 2.05. The SMILES string of the molecule is Cc1onc(-c2c(F)cccc2Cl)c1-c1csc(NC(=O)C(=O)O)n1. The summed E-state index contributed by atoms with van der Waals surface area (Å²) in [6, 6.07) is 4.23. The number of aryl methyl sites for hydroxylation is 1. The molecule has 0 atom stereocenters. The van der Waals surface area contributed by atoms with Crippen LogP contribution in [-0.4, -0.2) is 27.1 Å². The maximum absolute atomic E-state index is 14.2. The van der Waals surface area contributed by atoms with Crippen molar-refractivity contribution in [2.45, 2.75) is 6.92 Å². The number of hydrogen-bond acceptors (Lipinski definition) is 6. The van der Waals surface area contributed by atoms with Gasteiger partial charge in [-0.25, -0.2) is 14.2 Å². The van der Waals surface area contributed by atoms with E-state index in [0.717, 1.165) is 11.3 Å². The predicted octanol–water partition coefficient (Wildman–Crippen LogP) is 3.59. The molecule has 0 aliphatic carbocycles. The molecule has 0 saturated heterocycles. The fraction of sp³-hybridized carbons (Fsp3) is 0.0667. The lowest BCUT2D eigenvalue weighted by Crippen LogP contribution is -2.21. The van der Waals surface area contributed by atoms with Gasteiger partial charge in [-0.1, -0.05) is 22.8 Å². The number of halogens is 2. The minimum Gasteiger partial charge on any atom is -0.474 e. The average Bonchev–Trinajstić information content (AvgIpc) is 3.14. The third-order valence-corrected chi connectivity index (χ3v) is 4.31. The van der Waals surface area contributed by atoms with Crippen molar-refractivity contribution in [1.29, 1.82) is 0 Å². The number of aromatic nitrogens is 2. The van der Waals surface area contributed by atoms with E-state index in [1.54, 1.807) is 12.3 Å². The summed E-state index contributed by atoms with van der Waals surface area (Å²) >= 11 is 7.09. The summed E-state index contributed by atoms with van der Waals surface area (Å²) < 4.78 is 19.4. The average molecular weight is 382 g/mol. The number of aliphatic carboxylic acids is 1. The van der Waals surface area contributed by atoms with E-state index >= 15 is 0 Å². The molecule has 0 bridgehead atoms. The van der Waals surface area contributed by atoms with Gasteiger partial charge in [0.25, 0.3) is 0 Å². The second-order valence-corrected chi connectivity index (χ2v) is 6.12. The van der Waals surface area contributed by atoms with Gasteiger partial charge in [0.2, 0.25) is 0 Å². The minimum absolute atomic E-state index is 0.0696. The number of carboxylic acid groups (broad SMARTS) is 1. The van der Waals surface area contributed by atoms with Crippen LogP contribution in [0.15, 0.2) is 28.1 Å². The van der Waals surface area contributed by atoms with Crippen molar-refractivity contribution in [3.63, 3.8) is 0 Å². The van der Waals surface area contributed by atoms with Crippen LogP contribution in [0.5, 0.6) is 0 Å². The second-order valence-electron chi connectivity index (χ2n) is 4.86. The number of carboxylic acids is 1. The molecular formula is C15H9ClFN3O4S. The Bertz CT molecular complexity index is 965. The Kier molecular flexibility index (Phi) is 4.51. The monoisotopic (exact) mass is 381 g/mol. The molecule has 0 unspecified atom stereocenters. The molecule has 0 fully saturated rings. The fourth-order valence-corrected chi connectivity index (χ4v) is 3.11. The molecule has 1 aromatic carbocycles. The lowest BCUT2D eigenvalue weighted by Gasteiger charge is -2.04. The summed E-state index contributed by atoms with van der Waals surface area (Å²) in [4.78, 5) is 25.9. The first-order valence-electron chi connectivity index (χ1n) is 6.79. The van der Waals surface area contributed by atoms with Gasteiger partial charge in [0.05, 0.1) is 21.8 Å². The Morgan fingerprint density at radius 3 is 2.80 bits per heavy atom. The van der Waals surface area contributed by atoms with Gasteiger partial charge in [-0.05, 0) is 19.1 Å². The van der Waals surface area contributed by atoms with Crippen molar-refractivity contribution in [2.24, 2.45) is 0 Å². The van der Waals surface area contributed by atoms with Crippen molar-refractivity contribution < 1.29 is 23.6 Å². The van der Waals surface area contributed by atoms with Gasteiger partial charge in [0.1, 0.15) is 17.3 Å². The van der Waals surface area contributed by atoms with Crippen LogP contribution >= 0.6 is 22.9 Å². The molecule has 7 nitrogen and oxygen atoms in total. The van der Waals surface area contributed by atoms with E-state index in [9.17, 15) is 14.0 Å². The maximum atomic E-state index is 14.2. The van der Waals surface area contributed by atoms with Crippen LogP contribution < -0.4 is 5.32 Å². The van der Waals surface area contributed by atoms with Crippen LogP contribution in [0.4, 0.5) is 9.52 Å². The highest BCUT2D eigenvalue weighted by molar-refractivity contribution is 7.14. The lowest BCUT2D eigenvalue weighted by atomic mass is 10.0. The molecular weight excluding hydrogens is 373 g/mol. The van der Waals surface area contributed by atoms with E-state index in [1.165, 1.54) is 18.2 Å². The van der Waals surface area contributed by atoms with Gasteiger partial charge in [0.15, 0.2) is 5.13 Å². The summed E-state index contributed by atoms with van der Waals surface area (Å²) in [5, 5.41) is 16.4. The molecule has 10 heteroatoms. The lowest BCUT2D eigenvalue weighted by molar-refractivity contribution is -0.147. The zero-order valence-electron chi connectivity index (χ0n) is 12.5. The van der Waals surface area contributed by atoms with Crippen LogP contribution in [0.25, 0.3) is 22.5 Å². The molecule has 2 N–H and O–H groups in total. The van der Waals surface area contributed by atoms with Crippen LogP contribution in [-0.2, 0) is 9.59 Å². The normalized spacial score (nSPS) is 10.7. The van der Waals surface area contributed by atoms with Crippen molar-refractivity contribution in [3.8, 4) is 22.5 Å². The Morgan fingerprint density at radius 2 is 2.12 bits per heavy atom. The summed E-state index contributed by atoms with van der Waals surface area (Å²) in [6.45, 7) is 1.62. The smallest absolute Gasteiger partial charge is 0.394 e. The van der Waals surface area contributed by atoms with Crippen molar-refractivity contribution in [1.82, 2.24) is 10.1 Å². The van der Waals surface area contributed by atoms with Gasteiger partial charge in [-0.15, -0.1) is 11.3 Å². The minimum atomic E-state index is -1.63. The maximum Gasteiger partial charge on any atom is 0.394 e. The molecule has 2 heterocycles. The number of carbonyl (C=O) groups is 2. The molecule has 0 spiro atoms. The molecule has 0 radical (unpaired) electrons. The summed E-state index contributed by atoms with van der Waals surface area (Å²) in [5.41, 5.74) is 0.986. The van der Waals surface area contributed by atoms with Crippen molar-refractivity contribution in [2.75, 3.05) is 5.32 Å². The molecule has 3 aromatic rings. The topological polar surface area (TPSA) is 105 Å². The quantitative estimate of drug-likeness (QED) is 0.671. The number of nitrogens with one attached hydrogen (secondary N) is 1. The number of anilines is 1. The van der Waals surface area contributed by atoms with E-state index in [0.29, 0.717) is 17.0 Å². The highest BCUT2D eigenvalue weighted by Crippen LogP contribution is 2.39. The molecule has 25 heavy (non-hydrogen) atoms. The molecule has 0 aliphatic heterocycles. The van der Waals surface area contributed by atoms with Gasteiger partial charge >= 0.3 is 11.9 Å². The first kappa shape index (κ1) is 17.1.